The third kappa shape index (κ3) is 3.57. The minimum Gasteiger partial charge on any atom is -0.359 e. The van der Waals surface area contributed by atoms with Crippen molar-refractivity contribution in [2.45, 2.75) is 62.8 Å². The van der Waals surface area contributed by atoms with Crippen LogP contribution in [0.2, 0.25) is 0 Å². The van der Waals surface area contributed by atoms with Crippen molar-refractivity contribution in [3.05, 3.63) is 0 Å². The Hall–Kier alpha value is 0.170. The molecule has 0 aromatic rings. The molecule has 0 bridgehead atoms. The van der Waals surface area contributed by atoms with Crippen molar-refractivity contribution >= 4 is 28.7 Å². The smallest absolute Gasteiger partial charge is 0.157 e. The van der Waals surface area contributed by atoms with Crippen LogP contribution in [0.1, 0.15) is 46.0 Å². The van der Waals surface area contributed by atoms with Gasteiger partial charge in [-0.2, -0.15) is 11.8 Å². The highest BCUT2D eigenvalue weighted by atomic mass is 32.2. The maximum absolute atomic E-state index is 4.93. The zero-order valence-corrected chi connectivity index (χ0v) is 12.8. The fourth-order valence-corrected chi connectivity index (χ4v) is 4.53. The van der Waals surface area contributed by atoms with E-state index in [-0.39, 0.29) is 5.54 Å². The number of nitrogens with zero attached hydrogens (tertiary/aromatic N) is 1. The lowest BCUT2D eigenvalue weighted by Gasteiger charge is -2.26. The Morgan fingerprint density at radius 1 is 1.53 bits per heavy atom. The Kier molecular flexibility index (Phi) is 4.70. The fourth-order valence-electron chi connectivity index (χ4n) is 2.44. The second kappa shape index (κ2) is 5.87. The summed E-state index contributed by atoms with van der Waals surface area (Å²) in [5.74, 6) is 1.17. The lowest BCUT2D eigenvalue weighted by atomic mass is 9.95. The molecular formula is C13H24N2S2. The van der Waals surface area contributed by atoms with Crippen LogP contribution in [0.4, 0.5) is 0 Å². The van der Waals surface area contributed by atoms with E-state index in [9.17, 15) is 0 Å². The average Bonchev–Trinajstić information content (AvgIpc) is 2.72. The van der Waals surface area contributed by atoms with E-state index in [4.69, 9.17) is 4.99 Å². The molecule has 2 nitrogen and oxygen atoms in total. The van der Waals surface area contributed by atoms with Gasteiger partial charge < -0.3 is 5.32 Å². The second-order valence-corrected chi connectivity index (χ2v) is 7.54. The van der Waals surface area contributed by atoms with Crippen LogP contribution >= 0.6 is 23.5 Å². The molecule has 1 aliphatic heterocycles. The number of rotatable bonds is 3. The predicted molar refractivity (Wildman–Crippen MR) is 81.3 cm³/mol. The van der Waals surface area contributed by atoms with E-state index in [1.165, 1.54) is 43.0 Å². The van der Waals surface area contributed by atoms with E-state index in [1.54, 1.807) is 0 Å². The molecule has 4 heteroatoms. The molecular weight excluding hydrogens is 248 g/mol. The Bertz CT molecular complexity index is 293. The van der Waals surface area contributed by atoms with Crippen molar-refractivity contribution in [2.75, 3.05) is 12.0 Å². The van der Waals surface area contributed by atoms with Crippen LogP contribution in [0.15, 0.2) is 4.99 Å². The van der Waals surface area contributed by atoms with E-state index in [1.807, 2.05) is 23.5 Å². The lowest BCUT2D eigenvalue weighted by Crippen LogP contribution is -2.40. The summed E-state index contributed by atoms with van der Waals surface area (Å²) in [5.41, 5.74) is 0.275. The number of aliphatic imine (C=N–C) groups is 1. The summed E-state index contributed by atoms with van der Waals surface area (Å²) < 4.78 is 0. The van der Waals surface area contributed by atoms with Crippen LogP contribution in [-0.2, 0) is 0 Å². The fraction of sp³-hybridized carbons (Fsp3) is 0.923. The number of nitrogens with one attached hydrogen (secondary N) is 1. The molecule has 0 aromatic carbocycles. The topological polar surface area (TPSA) is 24.4 Å². The molecule has 1 heterocycles. The molecule has 0 radical (unpaired) electrons. The Labute approximate surface area is 114 Å². The highest BCUT2D eigenvalue weighted by molar-refractivity contribution is 8.14. The summed E-state index contributed by atoms with van der Waals surface area (Å²) in [7, 11) is 0. The third-order valence-corrected chi connectivity index (χ3v) is 6.31. The van der Waals surface area contributed by atoms with Crippen LogP contribution < -0.4 is 5.32 Å². The Balaban J connectivity index is 1.92. The maximum Gasteiger partial charge on any atom is 0.157 e. The molecule has 2 fully saturated rings. The zero-order chi connectivity index (χ0) is 12.3. The summed E-state index contributed by atoms with van der Waals surface area (Å²) >= 11 is 3.92. The molecule has 0 amide bonds. The molecule has 1 N–H and O–H groups in total. The number of hydrogen-bond donors (Lipinski definition) is 1. The normalized spacial score (nSPS) is 40.5. The standard InChI is InChI=1S/C13H24N2S2/c1-4-13(2)9-17-12(15-13)14-10-6-5-7-11(8-10)16-3/h10-11H,4-9H2,1-3H3,(H,14,15). The molecule has 2 rings (SSSR count). The number of hydrogen-bond acceptors (Lipinski definition) is 3. The third-order valence-electron chi connectivity index (χ3n) is 3.95. The SMILES string of the molecule is CCC1(C)CSC(=NC2CCCC(SC)C2)N1. The van der Waals surface area contributed by atoms with E-state index in [0.717, 1.165) is 5.25 Å². The van der Waals surface area contributed by atoms with Gasteiger partial charge in [-0.05, 0) is 38.9 Å². The quantitative estimate of drug-likeness (QED) is 0.850. The molecule has 98 valence electrons. The van der Waals surface area contributed by atoms with Gasteiger partial charge in [-0.3, -0.25) is 4.99 Å². The van der Waals surface area contributed by atoms with Gasteiger partial charge in [-0.1, -0.05) is 25.1 Å². The lowest BCUT2D eigenvalue weighted by molar-refractivity contribution is 0.444. The van der Waals surface area contributed by atoms with Gasteiger partial charge >= 0.3 is 0 Å². The van der Waals surface area contributed by atoms with Crippen molar-refractivity contribution in [1.82, 2.24) is 5.32 Å². The van der Waals surface area contributed by atoms with Crippen molar-refractivity contribution in [3.8, 4) is 0 Å². The molecule has 17 heavy (non-hydrogen) atoms. The van der Waals surface area contributed by atoms with Crippen molar-refractivity contribution in [1.29, 1.82) is 0 Å². The van der Waals surface area contributed by atoms with Gasteiger partial charge in [0, 0.05) is 16.5 Å². The molecule has 3 unspecified atom stereocenters. The number of amidine groups is 1. The molecule has 0 aromatic heterocycles. The summed E-state index contributed by atoms with van der Waals surface area (Å²) in [6, 6.07) is 0.565. The van der Waals surface area contributed by atoms with E-state index in [2.05, 4.69) is 25.4 Å². The van der Waals surface area contributed by atoms with Gasteiger partial charge in [0.25, 0.3) is 0 Å². The van der Waals surface area contributed by atoms with Crippen LogP contribution in [0, 0.1) is 0 Å². The van der Waals surface area contributed by atoms with E-state index < -0.39 is 0 Å². The highest BCUT2D eigenvalue weighted by Gasteiger charge is 2.31. The van der Waals surface area contributed by atoms with Crippen molar-refractivity contribution in [3.63, 3.8) is 0 Å². The minimum absolute atomic E-state index is 0.275. The van der Waals surface area contributed by atoms with Crippen molar-refractivity contribution in [2.24, 2.45) is 4.99 Å². The molecule has 1 aliphatic carbocycles. The van der Waals surface area contributed by atoms with Crippen molar-refractivity contribution < 1.29 is 0 Å². The van der Waals surface area contributed by atoms with Crippen LogP contribution in [0.5, 0.6) is 0 Å². The molecule has 2 aliphatic rings. The summed E-state index contributed by atoms with van der Waals surface area (Å²) in [6.45, 7) is 4.55. The first-order valence-corrected chi connectivity index (χ1v) is 8.94. The Morgan fingerprint density at radius 3 is 3.00 bits per heavy atom. The molecule has 3 atom stereocenters. The summed E-state index contributed by atoms with van der Waals surface area (Å²) in [4.78, 5) is 4.93. The minimum atomic E-state index is 0.275. The first kappa shape index (κ1) is 13.6. The molecule has 0 spiro atoms. The van der Waals surface area contributed by atoms with E-state index >= 15 is 0 Å². The van der Waals surface area contributed by atoms with E-state index in [0.29, 0.717) is 6.04 Å². The van der Waals surface area contributed by atoms with Gasteiger partial charge in [0.1, 0.15) is 0 Å². The van der Waals surface area contributed by atoms with Crippen LogP contribution in [0.3, 0.4) is 0 Å². The average molecular weight is 272 g/mol. The largest absolute Gasteiger partial charge is 0.359 e. The Morgan fingerprint density at radius 2 is 2.35 bits per heavy atom. The number of thioether (sulfide) groups is 2. The van der Waals surface area contributed by atoms with Gasteiger partial charge in [0.15, 0.2) is 5.17 Å². The molecule has 1 saturated heterocycles. The monoisotopic (exact) mass is 272 g/mol. The van der Waals surface area contributed by atoms with Gasteiger partial charge in [0.05, 0.1) is 6.04 Å². The maximum atomic E-state index is 4.93. The highest BCUT2D eigenvalue weighted by Crippen LogP contribution is 2.31. The van der Waals surface area contributed by atoms with Gasteiger partial charge in [-0.15, -0.1) is 0 Å². The molecule has 1 saturated carbocycles. The first-order valence-electron chi connectivity index (χ1n) is 6.67. The van der Waals surface area contributed by atoms with Gasteiger partial charge in [0.2, 0.25) is 0 Å². The van der Waals surface area contributed by atoms with Crippen LogP contribution in [0.25, 0.3) is 0 Å². The zero-order valence-electron chi connectivity index (χ0n) is 11.2. The first-order chi connectivity index (χ1) is 8.15. The van der Waals surface area contributed by atoms with Crippen LogP contribution in [-0.4, -0.2) is 34.0 Å². The van der Waals surface area contributed by atoms with Gasteiger partial charge in [-0.25, -0.2) is 0 Å². The summed E-state index contributed by atoms with van der Waals surface area (Å²) in [5, 5.41) is 5.63. The summed E-state index contributed by atoms with van der Waals surface area (Å²) in [6.07, 6.45) is 8.70. The predicted octanol–water partition coefficient (Wildman–Crippen LogP) is 3.52. The second-order valence-electron chi connectivity index (χ2n) is 5.44.